The van der Waals surface area contributed by atoms with Gasteiger partial charge in [-0.2, -0.15) is 0 Å². The molecular weight excluding hydrogens is 312 g/mol. The van der Waals surface area contributed by atoms with E-state index >= 15 is 0 Å². The van der Waals surface area contributed by atoms with Gasteiger partial charge in [0, 0.05) is 0 Å². The van der Waals surface area contributed by atoms with Crippen molar-refractivity contribution < 1.29 is 0 Å². The first-order valence-corrected chi connectivity index (χ1v) is 10.8. The van der Waals surface area contributed by atoms with Gasteiger partial charge in [0.2, 0.25) is 0 Å². The molecule has 0 aliphatic heterocycles. The first-order chi connectivity index (χ1) is 12.8. The molecule has 0 atom stereocenters. The van der Waals surface area contributed by atoms with Gasteiger partial charge in [-0.25, -0.2) is 0 Å². The van der Waals surface area contributed by atoms with Gasteiger partial charge in [0.05, 0.1) is 0 Å². The number of hydrogen-bond donors (Lipinski definition) is 0. The Labute approximate surface area is 161 Å². The summed E-state index contributed by atoms with van der Waals surface area (Å²) < 4.78 is 0. The van der Waals surface area contributed by atoms with Crippen LogP contribution in [-0.2, 0) is 12.8 Å². The lowest BCUT2D eigenvalue weighted by Crippen LogP contribution is -2.07. The molecule has 0 spiro atoms. The average molecular weight is 348 g/mol. The van der Waals surface area contributed by atoms with Crippen LogP contribution >= 0.6 is 0 Å². The van der Waals surface area contributed by atoms with E-state index in [1.54, 1.807) is 0 Å². The number of rotatable bonds is 9. The van der Waals surface area contributed by atoms with Crippen LogP contribution in [0.25, 0.3) is 11.1 Å². The van der Waals surface area contributed by atoms with Gasteiger partial charge in [-0.15, -0.1) is 0 Å². The molecule has 0 aromatic heterocycles. The largest absolute Gasteiger partial charge is 0.0654 e. The van der Waals surface area contributed by atoms with Gasteiger partial charge >= 0.3 is 0 Å². The summed E-state index contributed by atoms with van der Waals surface area (Å²) in [6, 6.07) is 18.5. The van der Waals surface area contributed by atoms with E-state index in [9.17, 15) is 0 Å². The fourth-order valence-electron chi connectivity index (χ4n) is 4.14. The number of unbranched alkanes of at least 4 members (excludes halogenated alkanes) is 3. The minimum Gasteiger partial charge on any atom is -0.0654 e. The predicted molar refractivity (Wildman–Crippen MR) is 114 cm³/mol. The summed E-state index contributed by atoms with van der Waals surface area (Å²) in [4.78, 5) is 0. The van der Waals surface area contributed by atoms with Crippen molar-refractivity contribution in [3.05, 3.63) is 66.1 Å². The van der Waals surface area contributed by atoms with Crippen molar-refractivity contribution in [3.63, 3.8) is 0 Å². The second-order valence-corrected chi connectivity index (χ2v) is 8.05. The average Bonchev–Trinajstić information content (AvgIpc) is 2.71. The second-order valence-electron chi connectivity index (χ2n) is 8.05. The maximum Gasteiger partial charge on any atom is -0.0184 e. The van der Waals surface area contributed by atoms with Gasteiger partial charge in [0.15, 0.2) is 0 Å². The highest BCUT2D eigenvalue weighted by atomic mass is 14.2. The highest BCUT2D eigenvalue weighted by molar-refractivity contribution is 5.63. The smallest absolute Gasteiger partial charge is 0.0184 e. The Bertz CT molecular complexity index is 614. The molecule has 0 amide bonds. The standard InChI is InChI=1S/C26H35/c1-2-3-4-6-11-23-14-18-25(19-15-23)26-20-16-24(17-21-26)13-12-22-9-7-5-8-10-22/h5,14-22H,2-4,6-13H2,1H3. The quantitative estimate of drug-likeness (QED) is 0.406. The van der Waals surface area contributed by atoms with Crippen molar-refractivity contribution in [1.29, 1.82) is 0 Å². The van der Waals surface area contributed by atoms with Gasteiger partial charge in [0.25, 0.3) is 0 Å². The van der Waals surface area contributed by atoms with Crippen LogP contribution in [0.2, 0.25) is 0 Å². The maximum absolute atomic E-state index is 2.46. The van der Waals surface area contributed by atoms with Gasteiger partial charge in [-0.1, -0.05) is 87.6 Å². The topological polar surface area (TPSA) is 0 Å². The van der Waals surface area contributed by atoms with Crippen LogP contribution in [0.15, 0.2) is 48.5 Å². The zero-order valence-corrected chi connectivity index (χ0v) is 16.6. The van der Waals surface area contributed by atoms with Gasteiger partial charge in [-0.05, 0) is 73.1 Å². The van der Waals surface area contributed by atoms with Crippen molar-refractivity contribution in [1.82, 2.24) is 0 Å². The molecule has 0 heterocycles. The van der Waals surface area contributed by atoms with Gasteiger partial charge in [-0.3, -0.25) is 0 Å². The van der Waals surface area contributed by atoms with E-state index in [2.05, 4.69) is 61.9 Å². The summed E-state index contributed by atoms with van der Waals surface area (Å²) >= 11 is 0. The molecule has 1 saturated carbocycles. The molecule has 1 radical (unpaired) electrons. The van der Waals surface area contributed by atoms with Crippen LogP contribution < -0.4 is 0 Å². The fraction of sp³-hybridized carbons (Fsp3) is 0.500. The molecule has 1 aliphatic rings. The Morgan fingerprint density at radius 3 is 1.85 bits per heavy atom. The zero-order valence-electron chi connectivity index (χ0n) is 16.6. The SMILES string of the molecule is CCCCCCc1ccc(-c2ccc(CCC3CC[CH]CC3)cc2)cc1. The normalized spacial score (nSPS) is 15.3. The third-order valence-corrected chi connectivity index (χ3v) is 5.96. The molecule has 0 heteroatoms. The van der Waals surface area contributed by atoms with Crippen molar-refractivity contribution in [2.75, 3.05) is 0 Å². The third-order valence-electron chi connectivity index (χ3n) is 5.96. The number of benzene rings is 2. The van der Waals surface area contributed by atoms with E-state index in [4.69, 9.17) is 0 Å². The van der Waals surface area contributed by atoms with Gasteiger partial charge in [0.1, 0.15) is 0 Å². The molecule has 0 N–H and O–H groups in total. The molecule has 0 nitrogen and oxygen atoms in total. The molecule has 3 rings (SSSR count). The lowest BCUT2D eigenvalue weighted by atomic mass is 9.85. The van der Waals surface area contributed by atoms with E-state index in [1.165, 1.54) is 92.9 Å². The van der Waals surface area contributed by atoms with Crippen molar-refractivity contribution in [2.24, 2.45) is 5.92 Å². The second kappa shape index (κ2) is 10.6. The lowest BCUT2D eigenvalue weighted by molar-refractivity contribution is 0.381. The monoisotopic (exact) mass is 347 g/mol. The molecule has 139 valence electrons. The van der Waals surface area contributed by atoms with Crippen molar-refractivity contribution in [2.45, 2.75) is 77.6 Å². The molecule has 1 fully saturated rings. The van der Waals surface area contributed by atoms with Crippen LogP contribution in [0, 0.1) is 12.3 Å². The van der Waals surface area contributed by atoms with Crippen LogP contribution in [0.4, 0.5) is 0 Å². The molecule has 0 unspecified atom stereocenters. The minimum atomic E-state index is 0.949. The Morgan fingerprint density at radius 1 is 0.692 bits per heavy atom. The lowest BCUT2D eigenvalue weighted by Gasteiger charge is -2.21. The Kier molecular flexibility index (Phi) is 7.80. The predicted octanol–water partition coefficient (Wildman–Crippen LogP) is 7.80. The zero-order chi connectivity index (χ0) is 18.0. The summed E-state index contributed by atoms with van der Waals surface area (Å²) in [7, 11) is 0. The summed E-state index contributed by atoms with van der Waals surface area (Å²) in [6.45, 7) is 2.27. The minimum absolute atomic E-state index is 0.949. The first-order valence-electron chi connectivity index (χ1n) is 10.8. The number of hydrogen-bond acceptors (Lipinski definition) is 0. The summed E-state index contributed by atoms with van der Waals surface area (Å²) in [5, 5.41) is 0. The highest BCUT2D eigenvalue weighted by Gasteiger charge is 2.13. The third kappa shape index (κ3) is 6.01. The summed E-state index contributed by atoms with van der Waals surface area (Å²) in [5.74, 6) is 0.949. The Morgan fingerprint density at radius 2 is 1.27 bits per heavy atom. The van der Waals surface area contributed by atoms with Crippen molar-refractivity contribution >= 4 is 0 Å². The highest BCUT2D eigenvalue weighted by Crippen LogP contribution is 2.27. The van der Waals surface area contributed by atoms with E-state index < -0.39 is 0 Å². The molecule has 0 bridgehead atoms. The van der Waals surface area contributed by atoms with Crippen molar-refractivity contribution in [3.8, 4) is 11.1 Å². The van der Waals surface area contributed by atoms with E-state index in [1.807, 2.05) is 0 Å². The van der Waals surface area contributed by atoms with Crippen LogP contribution in [0.3, 0.4) is 0 Å². The molecule has 1 aliphatic carbocycles. The van der Waals surface area contributed by atoms with Crippen LogP contribution in [0.5, 0.6) is 0 Å². The van der Waals surface area contributed by atoms with Crippen LogP contribution in [-0.4, -0.2) is 0 Å². The maximum atomic E-state index is 2.46. The Hall–Kier alpha value is -1.56. The van der Waals surface area contributed by atoms with Gasteiger partial charge < -0.3 is 0 Å². The first kappa shape index (κ1) is 19.2. The number of aryl methyl sites for hydroxylation is 2. The Balaban J connectivity index is 1.49. The fourth-order valence-corrected chi connectivity index (χ4v) is 4.14. The summed E-state index contributed by atoms with van der Waals surface area (Å²) in [5.41, 5.74) is 5.66. The van der Waals surface area contributed by atoms with E-state index in [-0.39, 0.29) is 0 Å². The molecule has 26 heavy (non-hydrogen) atoms. The molecular formula is C26H35. The molecule has 0 saturated heterocycles. The molecule has 2 aromatic rings. The van der Waals surface area contributed by atoms with E-state index in [0.717, 1.165) is 5.92 Å². The van der Waals surface area contributed by atoms with E-state index in [0.29, 0.717) is 0 Å². The van der Waals surface area contributed by atoms with Crippen LogP contribution in [0.1, 0.15) is 75.8 Å². The molecule has 2 aromatic carbocycles. The summed E-state index contributed by atoms with van der Waals surface area (Å²) in [6.07, 6.45) is 17.1.